The Balaban J connectivity index is 1.95. The molecule has 1 aliphatic carbocycles. The molecule has 0 bridgehead atoms. The van der Waals surface area contributed by atoms with Gasteiger partial charge in [-0.15, -0.1) is 0 Å². The molecule has 0 amide bonds. The summed E-state index contributed by atoms with van der Waals surface area (Å²) in [4.78, 5) is 0. The van der Waals surface area contributed by atoms with Gasteiger partial charge >= 0.3 is 0 Å². The molecule has 5 N–H and O–H groups in total. The fourth-order valence-electron chi connectivity index (χ4n) is 3.75. The summed E-state index contributed by atoms with van der Waals surface area (Å²) in [6, 6.07) is 17.2. The number of fused-ring (bicyclic) bond motifs is 2. The van der Waals surface area contributed by atoms with Gasteiger partial charge in [0.05, 0.1) is 17.2 Å². The Bertz CT molecular complexity index is 941. The maximum Gasteiger partial charge on any atom is 0.128 e. The molecule has 5 heteroatoms. The summed E-state index contributed by atoms with van der Waals surface area (Å²) < 4.78 is 6.06. The monoisotopic (exact) mass is 331 g/mol. The number of aromatic hydroxyl groups is 1. The molecule has 124 valence electrons. The van der Waals surface area contributed by atoms with Gasteiger partial charge in [-0.1, -0.05) is 36.4 Å². The number of nitrogens with zero attached hydrogens (tertiary/aromatic N) is 1. The minimum Gasteiger partial charge on any atom is -0.508 e. The van der Waals surface area contributed by atoms with E-state index in [2.05, 4.69) is 6.07 Å². The first-order valence-electron chi connectivity index (χ1n) is 8.02. The number of nitrogens with two attached hydrogens (primary N) is 2. The average molecular weight is 331 g/mol. The van der Waals surface area contributed by atoms with Crippen molar-refractivity contribution in [2.75, 3.05) is 0 Å². The molecular formula is C20H17N3O2. The van der Waals surface area contributed by atoms with Crippen molar-refractivity contribution < 1.29 is 9.84 Å². The van der Waals surface area contributed by atoms with Crippen molar-refractivity contribution >= 4 is 0 Å². The molecule has 3 atom stereocenters. The number of nitriles is 1. The smallest absolute Gasteiger partial charge is 0.128 e. The van der Waals surface area contributed by atoms with E-state index in [-0.39, 0.29) is 17.6 Å². The Morgan fingerprint density at radius 1 is 1.08 bits per heavy atom. The van der Waals surface area contributed by atoms with Crippen LogP contribution < -0.4 is 16.2 Å². The number of phenols is 1. The lowest BCUT2D eigenvalue weighted by Crippen LogP contribution is -2.42. The third-order valence-electron chi connectivity index (χ3n) is 4.86. The number of hydrogen-bond donors (Lipinski definition) is 3. The lowest BCUT2D eigenvalue weighted by Gasteiger charge is -2.41. The highest BCUT2D eigenvalue weighted by atomic mass is 16.5. The van der Waals surface area contributed by atoms with Gasteiger partial charge in [-0.2, -0.15) is 5.26 Å². The highest BCUT2D eigenvalue weighted by Crippen LogP contribution is 2.49. The summed E-state index contributed by atoms with van der Waals surface area (Å²) in [6.07, 6.45) is 1.35. The minimum absolute atomic E-state index is 0.0942. The molecule has 0 aromatic heterocycles. The molecule has 1 heterocycles. The lowest BCUT2D eigenvalue weighted by molar-refractivity contribution is 0.156. The van der Waals surface area contributed by atoms with E-state index in [4.69, 9.17) is 16.2 Å². The molecule has 3 unspecified atom stereocenters. The van der Waals surface area contributed by atoms with Crippen LogP contribution in [0.25, 0.3) is 0 Å². The molecule has 1 aliphatic heterocycles. The second-order valence-corrected chi connectivity index (χ2v) is 6.28. The van der Waals surface area contributed by atoms with Crippen LogP contribution in [0.5, 0.6) is 11.5 Å². The summed E-state index contributed by atoms with van der Waals surface area (Å²) in [6.45, 7) is 0. The van der Waals surface area contributed by atoms with Crippen molar-refractivity contribution in [1.29, 1.82) is 5.26 Å². The van der Waals surface area contributed by atoms with Gasteiger partial charge < -0.3 is 21.3 Å². The molecule has 5 nitrogen and oxygen atoms in total. The van der Waals surface area contributed by atoms with Gasteiger partial charge in [0, 0.05) is 23.2 Å². The maximum absolute atomic E-state index is 9.83. The summed E-state index contributed by atoms with van der Waals surface area (Å²) >= 11 is 0. The second kappa shape index (κ2) is 5.60. The number of benzene rings is 2. The lowest BCUT2D eigenvalue weighted by atomic mass is 9.71. The summed E-state index contributed by atoms with van der Waals surface area (Å²) in [5.41, 5.74) is 15.4. The van der Waals surface area contributed by atoms with E-state index in [1.807, 2.05) is 36.4 Å². The Morgan fingerprint density at radius 2 is 1.84 bits per heavy atom. The minimum atomic E-state index is -0.392. The van der Waals surface area contributed by atoms with Crippen molar-refractivity contribution in [3.05, 3.63) is 82.7 Å². The average Bonchev–Trinajstić information content (AvgIpc) is 2.61. The van der Waals surface area contributed by atoms with Crippen molar-refractivity contribution in [3.63, 3.8) is 0 Å². The van der Waals surface area contributed by atoms with Crippen LogP contribution in [0.3, 0.4) is 0 Å². The van der Waals surface area contributed by atoms with Crippen LogP contribution in [0.4, 0.5) is 0 Å². The van der Waals surface area contributed by atoms with Gasteiger partial charge in [-0.25, -0.2) is 0 Å². The normalized spacial score (nSPS) is 24.4. The van der Waals surface area contributed by atoms with Crippen molar-refractivity contribution in [2.24, 2.45) is 17.4 Å². The first kappa shape index (κ1) is 15.2. The number of rotatable bonds is 1. The first-order chi connectivity index (χ1) is 12.1. The highest BCUT2D eigenvalue weighted by Gasteiger charge is 2.43. The van der Waals surface area contributed by atoms with Gasteiger partial charge in [0.2, 0.25) is 0 Å². The molecule has 0 spiro atoms. The van der Waals surface area contributed by atoms with Crippen LogP contribution in [0, 0.1) is 17.2 Å². The van der Waals surface area contributed by atoms with Crippen LogP contribution in [-0.4, -0.2) is 11.2 Å². The number of allylic oxidation sites excluding steroid dienone is 1. The van der Waals surface area contributed by atoms with E-state index >= 15 is 0 Å². The Kier molecular flexibility index (Phi) is 3.40. The molecule has 2 aliphatic rings. The standard InChI is InChI=1S/C20H17N3O2/c21-10-14-15(22)9-17-19(20(14)23)18(11-4-2-1-3-5-11)13-7-6-12(24)8-16(13)25-17/h1-9,17-19,24H,22-23H2. The van der Waals surface area contributed by atoms with Gasteiger partial charge in [-0.3, -0.25) is 0 Å². The van der Waals surface area contributed by atoms with Crippen molar-refractivity contribution in [1.82, 2.24) is 0 Å². The fourth-order valence-corrected chi connectivity index (χ4v) is 3.75. The first-order valence-corrected chi connectivity index (χ1v) is 8.02. The predicted molar refractivity (Wildman–Crippen MR) is 93.4 cm³/mol. The van der Waals surface area contributed by atoms with E-state index in [9.17, 15) is 10.4 Å². The number of ether oxygens (including phenoxy) is 1. The Hall–Kier alpha value is -3.39. The SMILES string of the molecule is N#CC1=C(N)C2C(C=C1N)Oc1cc(O)ccc1C2c1ccccc1. The maximum atomic E-state index is 9.83. The zero-order chi connectivity index (χ0) is 17.6. The highest BCUT2D eigenvalue weighted by molar-refractivity contribution is 5.55. The van der Waals surface area contributed by atoms with Crippen LogP contribution in [0.2, 0.25) is 0 Å². The van der Waals surface area contributed by atoms with E-state index in [0.717, 1.165) is 11.1 Å². The Morgan fingerprint density at radius 3 is 2.56 bits per heavy atom. The largest absolute Gasteiger partial charge is 0.508 e. The molecule has 0 saturated carbocycles. The van der Waals surface area contributed by atoms with Gasteiger partial charge in [0.15, 0.2) is 0 Å². The van der Waals surface area contributed by atoms with Crippen molar-refractivity contribution in [3.8, 4) is 17.6 Å². The van der Waals surface area contributed by atoms with E-state index in [1.165, 1.54) is 0 Å². The molecule has 0 saturated heterocycles. The summed E-state index contributed by atoms with van der Waals surface area (Å²) in [5, 5.41) is 19.3. The van der Waals surface area contributed by atoms with Crippen LogP contribution in [0.1, 0.15) is 17.0 Å². The van der Waals surface area contributed by atoms with Gasteiger partial charge in [0.1, 0.15) is 23.7 Å². The fraction of sp³-hybridized carbons (Fsp3) is 0.150. The van der Waals surface area contributed by atoms with Crippen LogP contribution in [0.15, 0.2) is 71.6 Å². The van der Waals surface area contributed by atoms with Gasteiger partial charge in [-0.05, 0) is 17.7 Å². The van der Waals surface area contributed by atoms with Crippen LogP contribution in [-0.2, 0) is 0 Å². The summed E-state index contributed by atoms with van der Waals surface area (Å²) in [5.74, 6) is 0.412. The summed E-state index contributed by atoms with van der Waals surface area (Å²) in [7, 11) is 0. The topological polar surface area (TPSA) is 105 Å². The molecule has 2 aromatic rings. The second-order valence-electron chi connectivity index (χ2n) is 6.28. The molecule has 2 aromatic carbocycles. The Labute approximate surface area is 145 Å². The third kappa shape index (κ3) is 2.31. The zero-order valence-corrected chi connectivity index (χ0v) is 13.4. The number of hydrogen-bond acceptors (Lipinski definition) is 5. The zero-order valence-electron chi connectivity index (χ0n) is 13.4. The molecule has 25 heavy (non-hydrogen) atoms. The van der Waals surface area contributed by atoms with E-state index in [1.54, 1.807) is 18.2 Å². The molecule has 0 fully saturated rings. The van der Waals surface area contributed by atoms with Crippen molar-refractivity contribution in [2.45, 2.75) is 12.0 Å². The van der Waals surface area contributed by atoms with Crippen LogP contribution >= 0.6 is 0 Å². The molecular weight excluding hydrogens is 314 g/mol. The molecule has 0 radical (unpaired) electrons. The molecule has 4 rings (SSSR count). The van der Waals surface area contributed by atoms with Gasteiger partial charge in [0.25, 0.3) is 0 Å². The predicted octanol–water partition coefficient (Wildman–Crippen LogP) is 2.49. The quantitative estimate of drug-likeness (QED) is 0.744. The van der Waals surface area contributed by atoms with E-state index in [0.29, 0.717) is 22.7 Å². The number of phenolic OH excluding ortho intramolecular Hbond substituents is 1. The third-order valence-corrected chi connectivity index (χ3v) is 4.86. The van der Waals surface area contributed by atoms with E-state index < -0.39 is 6.10 Å².